The number of carbonyl (C=O) groups excluding carboxylic acids is 1. The Kier molecular flexibility index (Phi) is 12.2. The minimum atomic E-state index is -0.379. The van der Waals surface area contributed by atoms with Gasteiger partial charge in [-0.2, -0.15) is 0 Å². The molecule has 0 aromatic heterocycles. The van der Waals surface area contributed by atoms with Gasteiger partial charge in [-0.1, -0.05) is 48.5 Å². The summed E-state index contributed by atoms with van der Waals surface area (Å²) in [5.41, 5.74) is 2.81. The van der Waals surface area contributed by atoms with Gasteiger partial charge in [-0.25, -0.2) is 4.79 Å². The Labute approximate surface area is 193 Å². The van der Waals surface area contributed by atoms with Crippen LogP contribution in [0.15, 0.2) is 87.3 Å². The van der Waals surface area contributed by atoms with Gasteiger partial charge in [-0.3, -0.25) is 4.99 Å². The van der Waals surface area contributed by atoms with Gasteiger partial charge in [-0.15, -0.1) is 11.8 Å². The van der Waals surface area contributed by atoms with Crippen LogP contribution in [0.1, 0.15) is 24.5 Å². The SMILES string of the molecule is C/C=C/C(OCc1ccccc1C)=C(\SC)C(=O)OC.C=C1/C=C(Cl)\C(O)=C/CC=N1. The number of esters is 1. The van der Waals surface area contributed by atoms with E-state index in [1.54, 1.807) is 18.4 Å². The summed E-state index contributed by atoms with van der Waals surface area (Å²) in [7, 11) is 1.37. The predicted molar refractivity (Wildman–Crippen MR) is 130 cm³/mol. The van der Waals surface area contributed by atoms with Gasteiger partial charge in [0.2, 0.25) is 0 Å². The number of thioether (sulfide) groups is 1. The average Bonchev–Trinajstić information content (AvgIpc) is 2.75. The number of methoxy groups -OCH3 is 1. The molecule has 0 radical (unpaired) electrons. The van der Waals surface area contributed by atoms with Crippen LogP contribution >= 0.6 is 23.4 Å². The van der Waals surface area contributed by atoms with E-state index in [1.807, 2.05) is 50.4 Å². The molecule has 1 aromatic carbocycles. The first-order chi connectivity index (χ1) is 14.8. The van der Waals surface area contributed by atoms with Gasteiger partial charge in [0.1, 0.15) is 23.0 Å². The Morgan fingerprint density at radius 1 is 1.39 bits per heavy atom. The van der Waals surface area contributed by atoms with E-state index < -0.39 is 0 Å². The molecule has 0 spiro atoms. The lowest BCUT2D eigenvalue weighted by atomic mass is 10.1. The standard InChI is InChI=1S/C16H20O3S.C8H8ClNO/c1-5-8-14(15(20-4)16(17)18-3)19-11-13-10-7-6-9-12(13)2;1-6-5-7(9)8(11)3-2-4-10-6/h5-10H,11H2,1-4H3;3-5,11H,1-2H2/b8-5+,15-14+;7-5+,8-3+,10-4?. The van der Waals surface area contributed by atoms with Crippen molar-refractivity contribution in [3.8, 4) is 0 Å². The van der Waals surface area contributed by atoms with Crippen molar-refractivity contribution in [2.45, 2.75) is 26.9 Å². The number of nitrogens with zero attached hydrogens (tertiary/aromatic N) is 1. The van der Waals surface area contributed by atoms with Gasteiger partial charge in [0, 0.05) is 12.6 Å². The first-order valence-corrected chi connectivity index (χ1v) is 11.1. The van der Waals surface area contributed by atoms with Crippen LogP contribution in [0.5, 0.6) is 0 Å². The second-order valence-corrected chi connectivity index (χ2v) is 7.45. The molecule has 2 rings (SSSR count). The molecule has 0 saturated heterocycles. The van der Waals surface area contributed by atoms with Gasteiger partial charge in [-0.05, 0) is 49.5 Å². The fourth-order valence-electron chi connectivity index (χ4n) is 2.33. The van der Waals surface area contributed by atoms with Crippen molar-refractivity contribution in [1.29, 1.82) is 0 Å². The lowest BCUT2D eigenvalue weighted by Crippen LogP contribution is -2.06. The molecule has 1 aliphatic rings. The lowest BCUT2D eigenvalue weighted by molar-refractivity contribution is -0.135. The summed E-state index contributed by atoms with van der Waals surface area (Å²) in [6.07, 6.45) is 10.8. The van der Waals surface area contributed by atoms with Gasteiger partial charge < -0.3 is 14.6 Å². The van der Waals surface area contributed by atoms with Crippen LogP contribution in [0.4, 0.5) is 0 Å². The van der Waals surface area contributed by atoms with E-state index >= 15 is 0 Å². The van der Waals surface area contributed by atoms with Crippen LogP contribution in [0.2, 0.25) is 0 Å². The third-order valence-corrected chi connectivity index (χ3v) is 5.05. The zero-order chi connectivity index (χ0) is 23.2. The highest BCUT2D eigenvalue weighted by atomic mass is 35.5. The molecule has 1 aromatic rings. The fourth-order valence-corrected chi connectivity index (χ4v) is 3.12. The molecule has 0 bridgehead atoms. The number of rotatable bonds is 6. The second-order valence-electron chi connectivity index (χ2n) is 6.22. The molecule has 0 unspecified atom stereocenters. The molecule has 31 heavy (non-hydrogen) atoms. The number of aryl methyl sites for hydroxylation is 1. The highest BCUT2D eigenvalue weighted by molar-refractivity contribution is 8.03. The van der Waals surface area contributed by atoms with E-state index in [0.717, 1.165) is 11.1 Å². The summed E-state index contributed by atoms with van der Waals surface area (Å²) < 4.78 is 10.6. The number of carbonyl (C=O) groups is 1. The smallest absolute Gasteiger partial charge is 0.348 e. The van der Waals surface area contributed by atoms with Crippen LogP contribution in [0.3, 0.4) is 0 Å². The Balaban J connectivity index is 0.000000367. The Hall–Kier alpha value is -2.70. The zero-order valence-electron chi connectivity index (χ0n) is 18.2. The lowest BCUT2D eigenvalue weighted by Gasteiger charge is -2.12. The van der Waals surface area contributed by atoms with Crippen molar-refractivity contribution in [2.75, 3.05) is 13.4 Å². The van der Waals surface area contributed by atoms with E-state index in [2.05, 4.69) is 11.6 Å². The van der Waals surface area contributed by atoms with E-state index in [4.69, 9.17) is 26.2 Å². The maximum atomic E-state index is 11.7. The molecular weight excluding hydrogens is 434 g/mol. The average molecular weight is 462 g/mol. The van der Waals surface area contributed by atoms with Crippen LogP contribution in [0.25, 0.3) is 0 Å². The third-order valence-electron chi connectivity index (χ3n) is 3.97. The predicted octanol–water partition coefficient (Wildman–Crippen LogP) is 6.37. The quantitative estimate of drug-likeness (QED) is 0.230. The molecule has 5 nitrogen and oxygen atoms in total. The topological polar surface area (TPSA) is 68.1 Å². The first kappa shape index (κ1) is 26.3. The van der Waals surface area contributed by atoms with Crippen LogP contribution in [-0.2, 0) is 20.9 Å². The largest absolute Gasteiger partial charge is 0.507 e. The molecule has 1 heterocycles. The van der Waals surface area contributed by atoms with Crippen molar-refractivity contribution in [3.63, 3.8) is 0 Å². The Bertz CT molecular complexity index is 929. The fraction of sp³-hybridized carbons (Fsp3) is 0.250. The Morgan fingerprint density at radius 2 is 2.10 bits per heavy atom. The summed E-state index contributed by atoms with van der Waals surface area (Å²) in [5.74, 6) is 0.240. The molecule has 1 N–H and O–H groups in total. The van der Waals surface area contributed by atoms with E-state index in [-0.39, 0.29) is 16.8 Å². The van der Waals surface area contributed by atoms with E-state index in [1.165, 1.54) is 24.9 Å². The zero-order valence-corrected chi connectivity index (χ0v) is 19.8. The molecule has 1 aliphatic heterocycles. The summed E-state index contributed by atoms with van der Waals surface area (Å²) in [5, 5.41) is 9.44. The summed E-state index contributed by atoms with van der Waals surface area (Å²) in [6.45, 7) is 7.94. The number of aliphatic hydroxyl groups is 1. The van der Waals surface area contributed by atoms with Crippen molar-refractivity contribution < 1.29 is 19.4 Å². The van der Waals surface area contributed by atoms with Gasteiger partial charge >= 0.3 is 5.97 Å². The van der Waals surface area contributed by atoms with Crippen LogP contribution < -0.4 is 0 Å². The Morgan fingerprint density at radius 3 is 2.71 bits per heavy atom. The number of ether oxygens (including phenoxy) is 2. The highest BCUT2D eigenvalue weighted by Crippen LogP contribution is 2.22. The molecule has 166 valence electrons. The van der Waals surface area contributed by atoms with Gasteiger partial charge in [0.05, 0.1) is 17.8 Å². The third kappa shape index (κ3) is 9.32. The number of hydrogen-bond donors (Lipinski definition) is 1. The van der Waals surface area contributed by atoms with Gasteiger partial charge in [0.25, 0.3) is 0 Å². The number of benzene rings is 1. The van der Waals surface area contributed by atoms with Crippen molar-refractivity contribution in [3.05, 3.63) is 93.4 Å². The number of aliphatic imine (C=N–C) groups is 1. The van der Waals surface area contributed by atoms with Gasteiger partial charge in [0.15, 0.2) is 0 Å². The summed E-state index contributed by atoms with van der Waals surface area (Å²) >= 11 is 6.97. The maximum Gasteiger partial charge on any atom is 0.348 e. The summed E-state index contributed by atoms with van der Waals surface area (Å²) in [4.78, 5) is 16.1. The maximum absolute atomic E-state index is 11.7. The molecule has 7 heteroatoms. The number of hydrogen-bond acceptors (Lipinski definition) is 6. The number of allylic oxidation sites excluding steroid dienone is 5. The van der Waals surface area contributed by atoms with Crippen LogP contribution in [-0.4, -0.2) is 30.7 Å². The highest BCUT2D eigenvalue weighted by Gasteiger charge is 2.15. The molecule has 0 atom stereocenters. The molecule has 0 amide bonds. The summed E-state index contributed by atoms with van der Waals surface area (Å²) in [6, 6.07) is 8.01. The molecule has 0 aliphatic carbocycles. The second kappa shape index (κ2) is 14.3. The first-order valence-electron chi connectivity index (χ1n) is 9.48. The molecule has 0 saturated carbocycles. The van der Waals surface area contributed by atoms with E-state index in [0.29, 0.717) is 29.4 Å². The van der Waals surface area contributed by atoms with E-state index in [9.17, 15) is 4.79 Å². The minimum Gasteiger partial charge on any atom is -0.507 e. The van der Waals surface area contributed by atoms with Crippen LogP contribution in [0, 0.1) is 6.92 Å². The number of aliphatic hydroxyl groups excluding tert-OH is 1. The minimum absolute atomic E-state index is 0.0824. The van der Waals surface area contributed by atoms with Crippen molar-refractivity contribution in [2.24, 2.45) is 4.99 Å². The van der Waals surface area contributed by atoms with Crippen molar-refractivity contribution >= 4 is 35.5 Å². The molecular formula is C24H28ClNO4S. The monoisotopic (exact) mass is 461 g/mol. The normalized spacial score (nSPS) is 17.8. The molecule has 0 fully saturated rings. The van der Waals surface area contributed by atoms with Crippen molar-refractivity contribution in [1.82, 2.24) is 0 Å². The number of halogens is 1.